The predicted octanol–water partition coefficient (Wildman–Crippen LogP) is 1.57. The third kappa shape index (κ3) is 1.58. The standard InChI is InChI=1S/C11H13NO2S/c12-8-6-15-11(8)7-1-2-9-10(5-7)14-4-3-13-9/h1-2,5,8,11H,3-4,6,12H2. The summed E-state index contributed by atoms with van der Waals surface area (Å²) in [5.74, 6) is 2.76. The van der Waals surface area contributed by atoms with E-state index in [2.05, 4.69) is 12.1 Å². The first-order chi connectivity index (χ1) is 7.34. The van der Waals surface area contributed by atoms with E-state index in [1.807, 2.05) is 17.8 Å². The molecule has 1 fully saturated rings. The molecule has 1 aromatic carbocycles. The van der Waals surface area contributed by atoms with Gasteiger partial charge in [-0.05, 0) is 17.7 Å². The Morgan fingerprint density at radius 1 is 1.20 bits per heavy atom. The summed E-state index contributed by atoms with van der Waals surface area (Å²) in [6.45, 7) is 1.28. The molecule has 0 saturated carbocycles. The van der Waals surface area contributed by atoms with Gasteiger partial charge < -0.3 is 15.2 Å². The lowest BCUT2D eigenvalue weighted by atomic mass is 10.1. The first-order valence-electron chi connectivity index (χ1n) is 5.11. The van der Waals surface area contributed by atoms with Crippen molar-refractivity contribution < 1.29 is 9.47 Å². The van der Waals surface area contributed by atoms with Crippen molar-refractivity contribution in [3.05, 3.63) is 23.8 Å². The van der Waals surface area contributed by atoms with E-state index < -0.39 is 0 Å². The van der Waals surface area contributed by atoms with Gasteiger partial charge in [-0.3, -0.25) is 0 Å². The molecule has 4 heteroatoms. The average Bonchev–Trinajstić information content (AvgIpc) is 2.27. The van der Waals surface area contributed by atoms with Crippen LogP contribution in [0.15, 0.2) is 18.2 Å². The fourth-order valence-electron chi connectivity index (χ4n) is 1.88. The molecule has 1 aromatic rings. The van der Waals surface area contributed by atoms with Crippen molar-refractivity contribution in [2.24, 2.45) is 5.73 Å². The van der Waals surface area contributed by atoms with Crippen LogP contribution < -0.4 is 15.2 Å². The Bertz CT molecular complexity index is 383. The third-order valence-corrected chi connectivity index (χ3v) is 4.31. The van der Waals surface area contributed by atoms with Gasteiger partial charge in [-0.2, -0.15) is 11.8 Å². The maximum atomic E-state index is 5.94. The second kappa shape index (κ2) is 3.61. The molecule has 0 aliphatic carbocycles. The Kier molecular flexibility index (Phi) is 2.25. The van der Waals surface area contributed by atoms with Crippen molar-refractivity contribution in [2.75, 3.05) is 19.0 Å². The van der Waals surface area contributed by atoms with Crippen molar-refractivity contribution in [2.45, 2.75) is 11.3 Å². The van der Waals surface area contributed by atoms with Crippen molar-refractivity contribution in [1.82, 2.24) is 0 Å². The third-order valence-electron chi connectivity index (χ3n) is 2.75. The van der Waals surface area contributed by atoms with Crippen LogP contribution in [-0.4, -0.2) is 25.0 Å². The van der Waals surface area contributed by atoms with E-state index in [-0.39, 0.29) is 6.04 Å². The summed E-state index contributed by atoms with van der Waals surface area (Å²) in [6, 6.07) is 6.42. The highest BCUT2D eigenvalue weighted by molar-refractivity contribution is 8.01. The molecule has 3 nitrogen and oxygen atoms in total. The van der Waals surface area contributed by atoms with Crippen LogP contribution in [0.25, 0.3) is 0 Å². The molecule has 1 saturated heterocycles. The molecule has 0 aromatic heterocycles. The molecule has 2 aliphatic heterocycles. The minimum atomic E-state index is 0.289. The molecular weight excluding hydrogens is 210 g/mol. The van der Waals surface area contributed by atoms with Gasteiger partial charge in [0.15, 0.2) is 11.5 Å². The SMILES string of the molecule is NC1CSC1c1ccc2c(c1)OCCO2. The van der Waals surface area contributed by atoms with Crippen LogP contribution in [0.4, 0.5) is 0 Å². The lowest BCUT2D eigenvalue weighted by molar-refractivity contribution is 0.171. The van der Waals surface area contributed by atoms with E-state index in [1.54, 1.807) is 0 Å². The van der Waals surface area contributed by atoms with Crippen molar-refractivity contribution >= 4 is 11.8 Å². The molecular formula is C11H13NO2S. The van der Waals surface area contributed by atoms with Gasteiger partial charge in [0.2, 0.25) is 0 Å². The number of hydrogen-bond donors (Lipinski definition) is 1. The van der Waals surface area contributed by atoms with Gasteiger partial charge >= 0.3 is 0 Å². The Balaban J connectivity index is 1.90. The second-order valence-electron chi connectivity index (χ2n) is 3.82. The van der Waals surface area contributed by atoms with Crippen LogP contribution in [0.5, 0.6) is 11.5 Å². The molecule has 0 spiro atoms. The van der Waals surface area contributed by atoms with Crippen LogP contribution in [-0.2, 0) is 0 Å². The number of hydrogen-bond acceptors (Lipinski definition) is 4. The lowest BCUT2D eigenvalue weighted by Gasteiger charge is -2.33. The predicted molar refractivity (Wildman–Crippen MR) is 60.6 cm³/mol. The first kappa shape index (κ1) is 9.36. The number of fused-ring (bicyclic) bond motifs is 1. The molecule has 2 heterocycles. The summed E-state index contributed by atoms with van der Waals surface area (Å²) >= 11 is 1.90. The molecule has 15 heavy (non-hydrogen) atoms. The number of rotatable bonds is 1. The zero-order valence-corrected chi connectivity index (χ0v) is 9.13. The Labute approximate surface area is 92.9 Å². The summed E-state index contributed by atoms with van der Waals surface area (Å²) < 4.78 is 11.0. The minimum absolute atomic E-state index is 0.289. The van der Waals surface area contributed by atoms with E-state index >= 15 is 0 Å². The molecule has 2 N–H and O–H groups in total. The average molecular weight is 223 g/mol. The number of nitrogens with two attached hydrogens (primary N) is 1. The van der Waals surface area contributed by atoms with Crippen LogP contribution >= 0.6 is 11.8 Å². The highest BCUT2D eigenvalue weighted by atomic mass is 32.2. The number of benzene rings is 1. The zero-order valence-electron chi connectivity index (χ0n) is 8.31. The van der Waals surface area contributed by atoms with Gasteiger partial charge in [-0.1, -0.05) is 6.07 Å². The normalized spacial score (nSPS) is 28.3. The topological polar surface area (TPSA) is 44.5 Å². The molecule has 2 unspecified atom stereocenters. The van der Waals surface area contributed by atoms with Gasteiger partial charge in [-0.15, -0.1) is 0 Å². The molecule has 80 valence electrons. The minimum Gasteiger partial charge on any atom is -0.486 e. The Morgan fingerprint density at radius 2 is 2.00 bits per heavy atom. The highest BCUT2D eigenvalue weighted by Gasteiger charge is 2.30. The van der Waals surface area contributed by atoms with E-state index in [0.29, 0.717) is 18.5 Å². The maximum Gasteiger partial charge on any atom is 0.161 e. The van der Waals surface area contributed by atoms with E-state index in [4.69, 9.17) is 15.2 Å². The van der Waals surface area contributed by atoms with Gasteiger partial charge in [0.05, 0.1) is 0 Å². The summed E-state index contributed by atoms with van der Waals surface area (Å²) in [5.41, 5.74) is 7.19. The number of ether oxygens (including phenoxy) is 2. The van der Waals surface area contributed by atoms with E-state index in [0.717, 1.165) is 17.3 Å². The highest BCUT2D eigenvalue weighted by Crippen LogP contribution is 2.44. The summed E-state index contributed by atoms with van der Waals surface area (Å²) in [4.78, 5) is 0. The fraction of sp³-hybridized carbons (Fsp3) is 0.455. The Hall–Kier alpha value is -0.870. The van der Waals surface area contributed by atoms with Gasteiger partial charge in [0.1, 0.15) is 13.2 Å². The smallest absolute Gasteiger partial charge is 0.161 e. The van der Waals surface area contributed by atoms with E-state index in [9.17, 15) is 0 Å². The van der Waals surface area contributed by atoms with Crippen LogP contribution in [0.3, 0.4) is 0 Å². The summed E-state index contributed by atoms with van der Waals surface area (Å²) in [5, 5.41) is 0.431. The molecule has 0 bridgehead atoms. The Morgan fingerprint density at radius 3 is 2.67 bits per heavy atom. The number of thioether (sulfide) groups is 1. The van der Waals surface area contributed by atoms with Crippen LogP contribution in [0, 0.1) is 0 Å². The van der Waals surface area contributed by atoms with Crippen LogP contribution in [0.1, 0.15) is 10.8 Å². The molecule has 3 rings (SSSR count). The fourth-order valence-corrected chi connectivity index (χ4v) is 2.83. The molecule has 2 atom stereocenters. The first-order valence-corrected chi connectivity index (χ1v) is 6.16. The van der Waals surface area contributed by atoms with Crippen molar-refractivity contribution in [1.29, 1.82) is 0 Å². The molecule has 0 amide bonds. The van der Waals surface area contributed by atoms with E-state index in [1.165, 1.54) is 5.56 Å². The van der Waals surface area contributed by atoms with Gasteiger partial charge in [-0.25, -0.2) is 0 Å². The second-order valence-corrected chi connectivity index (χ2v) is 5.00. The van der Waals surface area contributed by atoms with Gasteiger partial charge in [0.25, 0.3) is 0 Å². The summed E-state index contributed by atoms with van der Waals surface area (Å²) in [6.07, 6.45) is 0. The summed E-state index contributed by atoms with van der Waals surface area (Å²) in [7, 11) is 0. The van der Waals surface area contributed by atoms with Crippen molar-refractivity contribution in [3.8, 4) is 11.5 Å². The maximum absolute atomic E-state index is 5.94. The largest absolute Gasteiger partial charge is 0.486 e. The molecule has 2 aliphatic rings. The van der Waals surface area contributed by atoms with Crippen molar-refractivity contribution in [3.63, 3.8) is 0 Å². The van der Waals surface area contributed by atoms with Gasteiger partial charge in [0, 0.05) is 17.0 Å². The quantitative estimate of drug-likeness (QED) is 0.785. The monoisotopic (exact) mass is 223 g/mol. The zero-order chi connectivity index (χ0) is 10.3. The van der Waals surface area contributed by atoms with Crippen LogP contribution in [0.2, 0.25) is 0 Å². The molecule has 0 radical (unpaired) electrons. The lowest BCUT2D eigenvalue weighted by Crippen LogP contribution is -2.37.